The lowest BCUT2D eigenvalue weighted by molar-refractivity contribution is -0.136. The van der Waals surface area contributed by atoms with Crippen molar-refractivity contribution in [3.63, 3.8) is 0 Å². The molecular formula is C19H26O5. The van der Waals surface area contributed by atoms with Crippen LogP contribution in [0.5, 0.6) is 11.5 Å². The highest BCUT2D eigenvalue weighted by molar-refractivity contribution is 6.00. The SMILES string of the molecule is COc1cc(OC)c(C(=O)CCC(=O)O)cc1CC1CCCCC1. The molecule has 0 aliphatic heterocycles. The second kappa shape index (κ2) is 8.71. The number of carboxylic acids is 1. The van der Waals surface area contributed by atoms with E-state index in [-0.39, 0.29) is 18.6 Å². The normalized spacial score (nSPS) is 15.1. The van der Waals surface area contributed by atoms with E-state index in [1.165, 1.54) is 39.2 Å². The highest BCUT2D eigenvalue weighted by atomic mass is 16.5. The van der Waals surface area contributed by atoms with E-state index in [4.69, 9.17) is 14.6 Å². The number of hydrogen-bond acceptors (Lipinski definition) is 4. The van der Waals surface area contributed by atoms with Crippen molar-refractivity contribution in [1.82, 2.24) is 0 Å². The summed E-state index contributed by atoms with van der Waals surface area (Å²) < 4.78 is 10.8. The zero-order valence-corrected chi connectivity index (χ0v) is 14.5. The Morgan fingerprint density at radius 2 is 1.71 bits per heavy atom. The molecule has 0 unspecified atom stereocenters. The number of hydrogen-bond donors (Lipinski definition) is 1. The summed E-state index contributed by atoms with van der Waals surface area (Å²) in [7, 11) is 3.12. The first-order valence-corrected chi connectivity index (χ1v) is 8.55. The van der Waals surface area contributed by atoms with E-state index in [1.807, 2.05) is 6.07 Å². The highest BCUT2D eigenvalue weighted by Gasteiger charge is 2.21. The fourth-order valence-electron chi connectivity index (χ4n) is 3.40. The molecule has 0 amide bonds. The van der Waals surface area contributed by atoms with E-state index in [0.29, 0.717) is 17.2 Å². The molecule has 1 saturated carbocycles. The quantitative estimate of drug-likeness (QED) is 0.731. The first-order valence-electron chi connectivity index (χ1n) is 8.55. The van der Waals surface area contributed by atoms with Crippen LogP contribution in [0.3, 0.4) is 0 Å². The van der Waals surface area contributed by atoms with Crippen LogP contribution in [-0.2, 0) is 11.2 Å². The minimum atomic E-state index is -0.974. The van der Waals surface area contributed by atoms with Gasteiger partial charge in [-0.1, -0.05) is 32.1 Å². The van der Waals surface area contributed by atoms with Gasteiger partial charge in [-0.25, -0.2) is 0 Å². The van der Waals surface area contributed by atoms with Crippen LogP contribution in [-0.4, -0.2) is 31.1 Å². The van der Waals surface area contributed by atoms with E-state index in [2.05, 4.69) is 0 Å². The molecule has 1 aliphatic rings. The maximum Gasteiger partial charge on any atom is 0.303 e. The fourth-order valence-corrected chi connectivity index (χ4v) is 3.40. The van der Waals surface area contributed by atoms with Gasteiger partial charge in [0.15, 0.2) is 5.78 Å². The van der Waals surface area contributed by atoms with Crippen molar-refractivity contribution >= 4 is 11.8 Å². The van der Waals surface area contributed by atoms with Gasteiger partial charge in [0.05, 0.1) is 26.2 Å². The number of rotatable bonds is 8. The van der Waals surface area contributed by atoms with Crippen LogP contribution >= 0.6 is 0 Å². The zero-order valence-electron chi connectivity index (χ0n) is 14.5. The number of Topliss-reactive ketones (excluding diaryl/α,β-unsaturated/α-hetero) is 1. The molecule has 1 fully saturated rings. The first-order chi connectivity index (χ1) is 11.5. The van der Waals surface area contributed by atoms with Crippen molar-refractivity contribution in [2.45, 2.75) is 51.4 Å². The Bertz CT molecular complexity index is 588. The minimum absolute atomic E-state index is 0.0269. The average molecular weight is 334 g/mol. The lowest BCUT2D eigenvalue weighted by Crippen LogP contribution is -2.12. The van der Waals surface area contributed by atoms with E-state index >= 15 is 0 Å². The number of carboxylic acid groups (broad SMARTS) is 1. The Morgan fingerprint density at radius 1 is 1.04 bits per heavy atom. The van der Waals surface area contributed by atoms with Crippen molar-refractivity contribution in [2.75, 3.05) is 14.2 Å². The van der Waals surface area contributed by atoms with Crippen LogP contribution in [0.1, 0.15) is 60.9 Å². The number of carbonyl (C=O) groups excluding carboxylic acids is 1. The van der Waals surface area contributed by atoms with Gasteiger partial charge in [0.2, 0.25) is 0 Å². The second-order valence-corrected chi connectivity index (χ2v) is 6.39. The topological polar surface area (TPSA) is 72.8 Å². The van der Waals surface area contributed by atoms with Gasteiger partial charge < -0.3 is 14.6 Å². The monoisotopic (exact) mass is 334 g/mol. The minimum Gasteiger partial charge on any atom is -0.496 e. The van der Waals surface area contributed by atoms with Gasteiger partial charge in [-0.3, -0.25) is 9.59 Å². The summed E-state index contributed by atoms with van der Waals surface area (Å²) in [5.74, 6) is 0.602. The summed E-state index contributed by atoms with van der Waals surface area (Å²) in [5.41, 5.74) is 1.45. The number of ketones is 1. The predicted octanol–water partition coefficient (Wildman–Crippen LogP) is 3.87. The Hall–Kier alpha value is -2.04. The number of carbonyl (C=O) groups is 2. The van der Waals surface area contributed by atoms with E-state index in [0.717, 1.165) is 17.7 Å². The Labute approximate surface area is 143 Å². The molecule has 1 aromatic carbocycles. The zero-order chi connectivity index (χ0) is 17.5. The van der Waals surface area contributed by atoms with Crippen molar-refractivity contribution in [1.29, 1.82) is 0 Å². The average Bonchev–Trinajstić information content (AvgIpc) is 2.60. The van der Waals surface area contributed by atoms with Crippen LogP contribution in [0.2, 0.25) is 0 Å². The van der Waals surface area contributed by atoms with Crippen molar-refractivity contribution < 1.29 is 24.2 Å². The second-order valence-electron chi connectivity index (χ2n) is 6.39. The molecular weight excluding hydrogens is 308 g/mol. The van der Waals surface area contributed by atoms with E-state index < -0.39 is 5.97 Å². The van der Waals surface area contributed by atoms with E-state index in [1.54, 1.807) is 13.2 Å². The Morgan fingerprint density at radius 3 is 2.29 bits per heavy atom. The molecule has 0 atom stereocenters. The van der Waals surface area contributed by atoms with Gasteiger partial charge in [0, 0.05) is 12.5 Å². The summed E-state index contributed by atoms with van der Waals surface area (Å²) in [4.78, 5) is 23.1. The number of benzene rings is 1. The lowest BCUT2D eigenvalue weighted by Gasteiger charge is -2.23. The number of methoxy groups -OCH3 is 2. The number of aliphatic carboxylic acids is 1. The molecule has 0 bridgehead atoms. The summed E-state index contributed by atoms with van der Waals surface area (Å²) in [5, 5.41) is 8.79. The summed E-state index contributed by atoms with van der Waals surface area (Å²) >= 11 is 0. The molecule has 1 N–H and O–H groups in total. The number of ether oxygens (including phenoxy) is 2. The molecule has 24 heavy (non-hydrogen) atoms. The van der Waals surface area contributed by atoms with Crippen LogP contribution in [0.25, 0.3) is 0 Å². The lowest BCUT2D eigenvalue weighted by atomic mass is 9.84. The third-order valence-electron chi connectivity index (χ3n) is 4.70. The molecule has 132 valence electrons. The van der Waals surface area contributed by atoms with Gasteiger partial charge in [-0.15, -0.1) is 0 Å². The molecule has 5 nitrogen and oxygen atoms in total. The van der Waals surface area contributed by atoms with Crippen LogP contribution in [0.4, 0.5) is 0 Å². The molecule has 0 heterocycles. The van der Waals surface area contributed by atoms with Gasteiger partial charge in [0.25, 0.3) is 0 Å². The standard InChI is InChI=1S/C19H26O5/c1-23-17-12-18(24-2)15(16(20)8-9-19(21)22)11-14(17)10-13-6-4-3-5-7-13/h11-13H,3-10H2,1-2H3,(H,21,22). The van der Waals surface area contributed by atoms with Gasteiger partial charge in [0.1, 0.15) is 11.5 Å². The molecule has 0 spiro atoms. The van der Waals surface area contributed by atoms with Crippen LogP contribution in [0, 0.1) is 5.92 Å². The predicted molar refractivity (Wildman–Crippen MR) is 91.0 cm³/mol. The Balaban J connectivity index is 2.26. The molecule has 0 radical (unpaired) electrons. The first kappa shape index (κ1) is 18.3. The molecule has 0 saturated heterocycles. The summed E-state index contributed by atoms with van der Waals surface area (Å²) in [6.45, 7) is 0. The molecule has 1 aliphatic carbocycles. The maximum absolute atomic E-state index is 12.4. The highest BCUT2D eigenvalue weighted by Crippen LogP contribution is 2.34. The Kier molecular flexibility index (Phi) is 6.64. The van der Waals surface area contributed by atoms with Crippen molar-refractivity contribution in [3.8, 4) is 11.5 Å². The van der Waals surface area contributed by atoms with Crippen molar-refractivity contribution in [3.05, 3.63) is 23.3 Å². The van der Waals surface area contributed by atoms with E-state index in [9.17, 15) is 9.59 Å². The maximum atomic E-state index is 12.4. The third-order valence-corrected chi connectivity index (χ3v) is 4.70. The van der Waals surface area contributed by atoms with Crippen molar-refractivity contribution in [2.24, 2.45) is 5.92 Å². The third kappa shape index (κ3) is 4.73. The van der Waals surface area contributed by atoms with Gasteiger partial charge >= 0.3 is 5.97 Å². The molecule has 5 heteroatoms. The van der Waals surface area contributed by atoms with Gasteiger partial charge in [-0.05, 0) is 24.0 Å². The molecule has 2 rings (SSSR count). The summed E-state index contributed by atoms with van der Waals surface area (Å²) in [6, 6.07) is 3.57. The largest absolute Gasteiger partial charge is 0.496 e. The van der Waals surface area contributed by atoms with Gasteiger partial charge in [-0.2, -0.15) is 0 Å². The summed E-state index contributed by atoms with van der Waals surface area (Å²) in [6.07, 6.45) is 6.91. The van der Waals surface area contributed by atoms with Crippen LogP contribution < -0.4 is 9.47 Å². The fraction of sp³-hybridized carbons (Fsp3) is 0.579. The smallest absolute Gasteiger partial charge is 0.303 e. The molecule has 1 aromatic rings. The van der Waals surface area contributed by atoms with Crippen LogP contribution in [0.15, 0.2) is 12.1 Å². The molecule has 0 aromatic heterocycles.